The fourth-order valence-electron chi connectivity index (χ4n) is 2.61. The van der Waals surface area contributed by atoms with Gasteiger partial charge in [0.1, 0.15) is 5.75 Å². The van der Waals surface area contributed by atoms with Crippen molar-refractivity contribution < 1.29 is 4.74 Å². The van der Waals surface area contributed by atoms with E-state index >= 15 is 0 Å². The molecule has 0 atom stereocenters. The molecule has 0 unspecified atom stereocenters. The number of nitrogens with one attached hydrogen (secondary N) is 1. The average molecular weight is 277 g/mol. The van der Waals surface area contributed by atoms with Gasteiger partial charge in [-0.2, -0.15) is 0 Å². The smallest absolute Gasteiger partial charge is 0.118 e. The van der Waals surface area contributed by atoms with Gasteiger partial charge in [-0.25, -0.2) is 0 Å². The zero-order valence-corrected chi connectivity index (χ0v) is 13.8. The van der Waals surface area contributed by atoms with E-state index in [0.29, 0.717) is 6.04 Å². The highest BCUT2D eigenvalue weighted by Gasteiger charge is 2.11. The van der Waals surface area contributed by atoms with Crippen LogP contribution in [0.3, 0.4) is 0 Å². The fraction of sp³-hybridized carbons (Fsp3) is 0.667. The summed E-state index contributed by atoms with van der Waals surface area (Å²) in [6.07, 6.45) is 3.61. The number of hydrogen-bond acceptors (Lipinski definition) is 2. The third-order valence-electron chi connectivity index (χ3n) is 3.52. The summed E-state index contributed by atoms with van der Waals surface area (Å²) in [5, 5.41) is 3.73. The molecule has 0 spiro atoms. The Morgan fingerprint density at radius 1 is 0.950 bits per heavy atom. The van der Waals surface area contributed by atoms with Gasteiger partial charge < -0.3 is 10.1 Å². The standard InChI is InChI=1S/C18H31NO/c1-14(2)12-17(13-15(3)4)19-11-10-16-6-8-18(20-5)9-7-16/h6-9,14-15,17,19H,10-13H2,1-5H3. The van der Waals surface area contributed by atoms with Crippen molar-refractivity contribution in [2.24, 2.45) is 11.8 Å². The molecule has 2 heteroatoms. The Labute approximate surface area is 124 Å². The molecule has 0 fully saturated rings. The van der Waals surface area contributed by atoms with Crippen LogP contribution in [-0.2, 0) is 6.42 Å². The van der Waals surface area contributed by atoms with Crippen LogP contribution in [0.4, 0.5) is 0 Å². The van der Waals surface area contributed by atoms with E-state index in [9.17, 15) is 0 Å². The number of rotatable bonds is 9. The first-order valence-electron chi connectivity index (χ1n) is 7.87. The normalized spacial score (nSPS) is 11.6. The molecule has 1 aromatic carbocycles. The number of ether oxygens (including phenoxy) is 1. The Morgan fingerprint density at radius 2 is 1.50 bits per heavy atom. The van der Waals surface area contributed by atoms with Crippen molar-refractivity contribution >= 4 is 0 Å². The zero-order chi connectivity index (χ0) is 15.0. The van der Waals surface area contributed by atoms with Crippen LogP contribution in [0.5, 0.6) is 5.75 Å². The Bertz CT molecular complexity index is 346. The number of hydrogen-bond donors (Lipinski definition) is 1. The van der Waals surface area contributed by atoms with E-state index in [-0.39, 0.29) is 0 Å². The van der Waals surface area contributed by atoms with Crippen molar-refractivity contribution in [2.75, 3.05) is 13.7 Å². The van der Waals surface area contributed by atoms with Crippen molar-refractivity contribution in [1.82, 2.24) is 5.32 Å². The van der Waals surface area contributed by atoms with Gasteiger partial charge in [-0.05, 0) is 55.3 Å². The summed E-state index contributed by atoms with van der Waals surface area (Å²) < 4.78 is 5.18. The van der Waals surface area contributed by atoms with E-state index < -0.39 is 0 Å². The van der Waals surface area contributed by atoms with Gasteiger partial charge in [-0.1, -0.05) is 39.8 Å². The lowest BCUT2D eigenvalue weighted by molar-refractivity contribution is 0.361. The molecule has 0 aliphatic carbocycles. The molecule has 0 aliphatic heterocycles. The molecular weight excluding hydrogens is 246 g/mol. The molecule has 0 bridgehead atoms. The van der Waals surface area contributed by atoms with Crippen molar-refractivity contribution in [1.29, 1.82) is 0 Å². The van der Waals surface area contributed by atoms with Gasteiger partial charge in [0.15, 0.2) is 0 Å². The maximum atomic E-state index is 5.18. The molecule has 0 aliphatic rings. The molecular formula is C18H31NO. The number of methoxy groups -OCH3 is 1. The Hall–Kier alpha value is -1.02. The van der Waals surface area contributed by atoms with Gasteiger partial charge in [0.2, 0.25) is 0 Å². The second-order valence-corrected chi connectivity index (χ2v) is 6.51. The van der Waals surface area contributed by atoms with Gasteiger partial charge in [0.25, 0.3) is 0 Å². The summed E-state index contributed by atoms with van der Waals surface area (Å²) in [6.45, 7) is 10.3. The van der Waals surface area contributed by atoms with Crippen LogP contribution in [-0.4, -0.2) is 19.7 Å². The summed E-state index contributed by atoms with van der Waals surface area (Å²) in [5.74, 6) is 2.44. The Kier molecular flexibility index (Phi) is 7.68. The Morgan fingerprint density at radius 3 is 1.95 bits per heavy atom. The van der Waals surface area contributed by atoms with Gasteiger partial charge in [-0.15, -0.1) is 0 Å². The molecule has 0 saturated heterocycles. The van der Waals surface area contributed by atoms with Gasteiger partial charge >= 0.3 is 0 Å². The zero-order valence-electron chi connectivity index (χ0n) is 13.8. The fourth-order valence-corrected chi connectivity index (χ4v) is 2.61. The predicted molar refractivity (Wildman–Crippen MR) is 87.4 cm³/mol. The minimum absolute atomic E-state index is 0.647. The Balaban J connectivity index is 2.38. The van der Waals surface area contributed by atoms with E-state index in [1.165, 1.54) is 18.4 Å². The maximum absolute atomic E-state index is 5.18. The molecule has 0 heterocycles. The lowest BCUT2D eigenvalue weighted by Gasteiger charge is -2.22. The van der Waals surface area contributed by atoms with E-state index in [1.807, 2.05) is 12.1 Å². The largest absolute Gasteiger partial charge is 0.497 e. The molecule has 114 valence electrons. The molecule has 0 amide bonds. The minimum atomic E-state index is 0.647. The predicted octanol–water partition coefficient (Wildman–Crippen LogP) is 4.29. The molecule has 0 aromatic heterocycles. The third kappa shape index (κ3) is 6.95. The first-order valence-corrected chi connectivity index (χ1v) is 7.87. The summed E-state index contributed by atoms with van der Waals surface area (Å²) in [4.78, 5) is 0. The van der Waals surface area contributed by atoms with Crippen molar-refractivity contribution in [3.8, 4) is 5.75 Å². The van der Waals surface area contributed by atoms with Crippen LogP contribution in [0.25, 0.3) is 0 Å². The SMILES string of the molecule is COc1ccc(CCNC(CC(C)C)CC(C)C)cc1. The molecule has 2 nitrogen and oxygen atoms in total. The van der Waals surface area contributed by atoms with Crippen molar-refractivity contribution in [3.05, 3.63) is 29.8 Å². The average Bonchev–Trinajstić information content (AvgIpc) is 2.38. The molecule has 20 heavy (non-hydrogen) atoms. The van der Waals surface area contributed by atoms with Crippen LogP contribution < -0.4 is 10.1 Å². The maximum Gasteiger partial charge on any atom is 0.118 e. The van der Waals surface area contributed by atoms with Gasteiger partial charge in [0.05, 0.1) is 7.11 Å². The lowest BCUT2D eigenvalue weighted by Crippen LogP contribution is -2.33. The summed E-state index contributed by atoms with van der Waals surface area (Å²) in [6, 6.07) is 9.03. The van der Waals surface area contributed by atoms with Crippen LogP contribution >= 0.6 is 0 Å². The van der Waals surface area contributed by atoms with Crippen molar-refractivity contribution in [2.45, 2.75) is 53.0 Å². The second kappa shape index (κ2) is 9.02. The highest BCUT2D eigenvalue weighted by molar-refractivity contribution is 5.27. The number of benzene rings is 1. The van der Waals surface area contributed by atoms with Crippen LogP contribution in [0.15, 0.2) is 24.3 Å². The van der Waals surface area contributed by atoms with E-state index in [4.69, 9.17) is 4.74 Å². The monoisotopic (exact) mass is 277 g/mol. The van der Waals surface area contributed by atoms with Gasteiger partial charge in [0, 0.05) is 6.04 Å². The summed E-state index contributed by atoms with van der Waals surface area (Å²) in [7, 11) is 1.71. The summed E-state index contributed by atoms with van der Waals surface area (Å²) in [5.41, 5.74) is 1.37. The van der Waals surface area contributed by atoms with E-state index in [0.717, 1.165) is 30.6 Å². The molecule has 0 radical (unpaired) electrons. The van der Waals surface area contributed by atoms with Gasteiger partial charge in [-0.3, -0.25) is 0 Å². The first-order chi connectivity index (χ1) is 9.51. The quantitative estimate of drug-likeness (QED) is 0.727. The first kappa shape index (κ1) is 17.0. The molecule has 1 aromatic rings. The second-order valence-electron chi connectivity index (χ2n) is 6.51. The molecule has 1 N–H and O–H groups in total. The van der Waals surface area contributed by atoms with Crippen LogP contribution in [0.1, 0.15) is 46.1 Å². The van der Waals surface area contributed by atoms with Crippen LogP contribution in [0.2, 0.25) is 0 Å². The van der Waals surface area contributed by atoms with E-state index in [1.54, 1.807) is 7.11 Å². The van der Waals surface area contributed by atoms with E-state index in [2.05, 4.69) is 45.1 Å². The molecule has 1 rings (SSSR count). The topological polar surface area (TPSA) is 21.3 Å². The third-order valence-corrected chi connectivity index (χ3v) is 3.52. The highest BCUT2D eigenvalue weighted by atomic mass is 16.5. The van der Waals surface area contributed by atoms with Crippen LogP contribution in [0, 0.1) is 11.8 Å². The van der Waals surface area contributed by atoms with Crippen molar-refractivity contribution in [3.63, 3.8) is 0 Å². The molecule has 0 saturated carbocycles. The minimum Gasteiger partial charge on any atom is -0.497 e. The lowest BCUT2D eigenvalue weighted by atomic mass is 9.95. The highest BCUT2D eigenvalue weighted by Crippen LogP contribution is 2.14. The summed E-state index contributed by atoms with van der Waals surface area (Å²) >= 11 is 0.